The molecule has 0 aromatic heterocycles. The molecule has 0 amide bonds. The molecule has 0 spiro atoms. The molecule has 2 nitrogen and oxygen atoms in total. The van der Waals surface area contributed by atoms with E-state index in [1.165, 1.54) is 25.7 Å². The summed E-state index contributed by atoms with van der Waals surface area (Å²) in [6.45, 7) is 3.76. The molecule has 2 N–H and O–H groups in total. The van der Waals surface area contributed by atoms with Gasteiger partial charge in [0.2, 0.25) is 0 Å². The second-order valence-corrected chi connectivity index (χ2v) is 5.74. The van der Waals surface area contributed by atoms with Gasteiger partial charge in [0.25, 0.3) is 0 Å². The van der Waals surface area contributed by atoms with Crippen LogP contribution in [0.5, 0.6) is 0 Å². The quantitative estimate of drug-likeness (QED) is 0.827. The van der Waals surface area contributed by atoms with Gasteiger partial charge in [-0.15, -0.1) is 0 Å². The van der Waals surface area contributed by atoms with Gasteiger partial charge in [0.15, 0.2) is 5.11 Å². The predicted octanol–water partition coefficient (Wildman–Crippen LogP) is 3.60. The molecular weight excluding hydrogens is 259 g/mol. The number of hydrogen-bond donors (Lipinski definition) is 2. The van der Waals surface area contributed by atoms with Crippen LogP contribution < -0.4 is 10.6 Å². The van der Waals surface area contributed by atoms with E-state index in [0.29, 0.717) is 16.7 Å². The van der Waals surface area contributed by atoms with Crippen molar-refractivity contribution in [3.8, 4) is 0 Å². The fraction of sp³-hybridized carbons (Fsp3) is 0.533. The van der Waals surface area contributed by atoms with E-state index in [1.54, 1.807) is 19.1 Å². The topological polar surface area (TPSA) is 24.1 Å². The van der Waals surface area contributed by atoms with Crippen molar-refractivity contribution >= 4 is 17.3 Å². The van der Waals surface area contributed by atoms with Crippen LogP contribution in [-0.4, -0.2) is 11.2 Å². The van der Waals surface area contributed by atoms with Crippen molar-refractivity contribution in [2.45, 2.75) is 51.6 Å². The third kappa shape index (κ3) is 3.90. The molecule has 1 atom stereocenters. The summed E-state index contributed by atoms with van der Waals surface area (Å²) in [5.41, 5.74) is 1.58. The van der Waals surface area contributed by atoms with Crippen molar-refractivity contribution < 1.29 is 4.39 Å². The highest BCUT2D eigenvalue weighted by Gasteiger charge is 2.16. The minimum Gasteiger partial charge on any atom is -0.360 e. The molecule has 1 aliphatic carbocycles. The predicted molar refractivity (Wildman–Crippen MR) is 80.7 cm³/mol. The zero-order valence-corrected chi connectivity index (χ0v) is 12.3. The van der Waals surface area contributed by atoms with Crippen molar-refractivity contribution in [3.05, 3.63) is 35.1 Å². The van der Waals surface area contributed by atoms with Gasteiger partial charge in [0.1, 0.15) is 5.82 Å². The van der Waals surface area contributed by atoms with Crippen LogP contribution in [0.4, 0.5) is 4.39 Å². The number of halogens is 1. The van der Waals surface area contributed by atoms with E-state index in [4.69, 9.17) is 12.2 Å². The molecule has 0 aliphatic heterocycles. The fourth-order valence-electron chi connectivity index (χ4n) is 2.46. The Balaban J connectivity index is 1.90. The summed E-state index contributed by atoms with van der Waals surface area (Å²) in [6, 6.07) is 5.83. The maximum atomic E-state index is 13.5. The number of thiocarbonyl (C=S) groups is 1. The summed E-state index contributed by atoms with van der Waals surface area (Å²) in [5.74, 6) is -0.166. The van der Waals surface area contributed by atoms with Crippen LogP contribution in [0.2, 0.25) is 0 Å². The third-order valence-electron chi connectivity index (χ3n) is 3.73. The molecule has 0 heterocycles. The molecule has 0 saturated heterocycles. The van der Waals surface area contributed by atoms with Gasteiger partial charge in [-0.05, 0) is 56.1 Å². The first-order chi connectivity index (χ1) is 9.06. The van der Waals surface area contributed by atoms with Crippen molar-refractivity contribution in [1.29, 1.82) is 0 Å². The summed E-state index contributed by atoms with van der Waals surface area (Å²) < 4.78 is 13.5. The molecule has 0 bridgehead atoms. The lowest BCUT2D eigenvalue weighted by Crippen LogP contribution is -2.41. The Morgan fingerprint density at radius 3 is 2.68 bits per heavy atom. The van der Waals surface area contributed by atoms with E-state index >= 15 is 0 Å². The third-order valence-corrected chi connectivity index (χ3v) is 3.97. The van der Waals surface area contributed by atoms with Gasteiger partial charge in [-0.2, -0.15) is 0 Å². The van der Waals surface area contributed by atoms with E-state index in [2.05, 4.69) is 10.6 Å². The van der Waals surface area contributed by atoms with E-state index in [1.807, 2.05) is 13.0 Å². The van der Waals surface area contributed by atoms with Crippen LogP contribution >= 0.6 is 12.2 Å². The molecule has 0 radical (unpaired) electrons. The summed E-state index contributed by atoms with van der Waals surface area (Å²) in [4.78, 5) is 0. The largest absolute Gasteiger partial charge is 0.360 e. The van der Waals surface area contributed by atoms with Crippen LogP contribution in [0.1, 0.15) is 49.8 Å². The average molecular weight is 280 g/mol. The molecule has 1 saturated carbocycles. The Morgan fingerprint density at radius 1 is 1.37 bits per heavy atom. The number of benzene rings is 1. The second-order valence-electron chi connectivity index (χ2n) is 5.33. The average Bonchev–Trinajstić information content (AvgIpc) is 2.85. The number of rotatable bonds is 3. The van der Waals surface area contributed by atoms with Gasteiger partial charge < -0.3 is 10.6 Å². The van der Waals surface area contributed by atoms with E-state index in [9.17, 15) is 4.39 Å². The molecule has 1 aromatic rings. The zero-order valence-electron chi connectivity index (χ0n) is 11.5. The Hall–Kier alpha value is -1.16. The first-order valence-electron chi connectivity index (χ1n) is 6.89. The van der Waals surface area contributed by atoms with Crippen LogP contribution in [0.15, 0.2) is 18.2 Å². The molecule has 1 aliphatic rings. The van der Waals surface area contributed by atoms with Gasteiger partial charge >= 0.3 is 0 Å². The highest BCUT2D eigenvalue weighted by atomic mass is 32.1. The van der Waals surface area contributed by atoms with Gasteiger partial charge in [-0.25, -0.2) is 4.39 Å². The molecule has 1 aromatic carbocycles. The standard InChI is InChI=1S/C15H21FN2S/c1-10-7-8-12(9-14(10)16)11(2)17-15(19)18-13-5-3-4-6-13/h7-9,11,13H,3-6H2,1-2H3,(H2,17,18,19). The van der Waals surface area contributed by atoms with E-state index in [0.717, 1.165) is 5.56 Å². The zero-order chi connectivity index (χ0) is 13.8. The van der Waals surface area contributed by atoms with Gasteiger partial charge in [-0.3, -0.25) is 0 Å². The maximum Gasteiger partial charge on any atom is 0.166 e. The Kier molecular flexibility index (Phi) is 4.75. The van der Waals surface area contributed by atoms with Crippen LogP contribution in [0.3, 0.4) is 0 Å². The number of nitrogens with one attached hydrogen (secondary N) is 2. The summed E-state index contributed by atoms with van der Waals surface area (Å²) in [7, 11) is 0. The minimum absolute atomic E-state index is 0.0107. The Labute approximate surface area is 119 Å². The van der Waals surface area contributed by atoms with Crippen LogP contribution in [0.25, 0.3) is 0 Å². The van der Waals surface area contributed by atoms with Crippen molar-refractivity contribution in [2.24, 2.45) is 0 Å². The lowest BCUT2D eigenvalue weighted by Gasteiger charge is -2.20. The Bertz CT molecular complexity index is 455. The van der Waals surface area contributed by atoms with Crippen LogP contribution in [0, 0.1) is 12.7 Å². The smallest absolute Gasteiger partial charge is 0.166 e. The highest BCUT2D eigenvalue weighted by Crippen LogP contribution is 2.18. The van der Waals surface area contributed by atoms with Crippen LogP contribution in [-0.2, 0) is 0 Å². The molecule has 2 rings (SSSR count). The van der Waals surface area contributed by atoms with E-state index in [-0.39, 0.29) is 11.9 Å². The van der Waals surface area contributed by atoms with Crippen molar-refractivity contribution in [1.82, 2.24) is 10.6 Å². The van der Waals surface area contributed by atoms with Gasteiger partial charge in [0.05, 0.1) is 6.04 Å². The molecule has 1 fully saturated rings. The number of aryl methyl sites for hydroxylation is 1. The lowest BCUT2D eigenvalue weighted by molar-refractivity contribution is 0.595. The summed E-state index contributed by atoms with van der Waals surface area (Å²) >= 11 is 5.31. The first kappa shape index (κ1) is 14.3. The summed E-state index contributed by atoms with van der Waals surface area (Å²) in [6.07, 6.45) is 4.93. The highest BCUT2D eigenvalue weighted by molar-refractivity contribution is 7.80. The number of hydrogen-bond acceptors (Lipinski definition) is 1. The second kappa shape index (κ2) is 6.33. The maximum absolute atomic E-state index is 13.5. The van der Waals surface area contributed by atoms with Gasteiger partial charge in [0, 0.05) is 6.04 Å². The normalized spacial score (nSPS) is 17.2. The lowest BCUT2D eigenvalue weighted by atomic mass is 10.1. The first-order valence-corrected chi connectivity index (χ1v) is 7.30. The summed E-state index contributed by atoms with van der Waals surface area (Å²) in [5, 5.41) is 7.22. The van der Waals surface area contributed by atoms with Gasteiger partial charge in [-0.1, -0.05) is 25.0 Å². The van der Waals surface area contributed by atoms with Crippen molar-refractivity contribution in [3.63, 3.8) is 0 Å². The Morgan fingerprint density at radius 2 is 2.05 bits per heavy atom. The molecule has 19 heavy (non-hydrogen) atoms. The van der Waals surface area contributed by atoms with E-state index < -0.39 is 0 Å². The monoisotopic (exact) mass is 280 g/mol. The molecule has 1 unspecified atom stereocenters. The fourth-order valence-corrected chi connectivity index (χ4v) is 2.80. The minimum atomic E-state index is -0.166. The molecule has 104 valence electrons. The molecule has 4 heteroatoms. The van der Waals surface area contributed by atoms with Crippen molar-refractivity contribution in [2.75, 3.05) is 0 Å². The molecular formula is C15H21FN2S. The SMILES string of the molecule is Cc1ccc(C(C)NC(=S)NC2CCCC2)cc1F.